The molecule has 0 aliphatic rings. The Bertz CT molecular complexity index is 845. The predicted molar refractivity (Wildman–Crippen MR) is 95.7 cm³/mol. The summed E-state index contributed by atoms with van der Waals surface area (Å²) in [7, 11) is 0. The zero-order chi connectivity index (χ0) is 18.6. The molecule has 5 heteroatoms. The molecule has 2 amide bonds. The van der Waals surface area contributed by atoms with Crippen LogP contribution in [0.25, 0.3) is 0 Å². The topological polar surface area (TPSA) is 73.2 Å². The third kappa shape index (κ3) is 4.45. The highest BCUT2D eigenvalue weighted by Gasteiger charge is 2.29. The number of hydrogen-bond donors (Lipinski definition) is 1. The van der Waals surface area contributed by atoms with Crippen LogP contribution in [0.5, 0.6) is 0 Å². The first-order valence-corrected chi connectivity index (χ1v) is 7.95. The van der Waals surface area contributed by atoms with E-state index in [4.69, 9.17) is 5.26 Å². The molecule has 0 atom stereocenters. The van der Waals surface area contributed by atoms with Crippen molar-refractivity contribution in [2.24, 2.45) is 0 Å². The van der Waals surface area contributed by atoms with Gasteiger partial charge in [0.2, 0.25) is 0 Å². The van der Waals surface area contributed by atoms with Crippen molar-refractivity contribution in [2.75, 3.05) is 0 Å². The van der Waals surface area contributed by atoms with Crippen LogP contribution in [0.1, 0.15) is 52.6 Å². The van der Waals surface area contributed by atoms with E-state index in [9.17, 15) is 9.59 Å². The van der Waals surface area contributed by atoms with E-state index in [2.05, 4.69) is 5.43 Å². The fourth-order valence-electron chi connectivity index (χ4n) is 2.33. The second kappa shape index (κ2) is 7.18. The van der Waals surface area contributed by atoms with E-state index in [1.807, 2.05) is 45.9 Å². The molecule has 0 fully saturated rings. The number of hydrazine groups is 1. The quantitative estimate of drug-likeness (QED) is 0.854. The maximum atomic E-state index is 12.9. The minimum absolute atomic E-state index is 0.291. The Morgan fingerprint density at radius 1 is 1.04 bits per heavy atom. The Morgan fingerprint density at radius 3 is 2.28 bits per heavy atom. The van der Waals surface area contributed by atoms with Crippen LogP contribution in [0.4, 0.5) is 0 Å². The van der Waals surface area contributed by atoms with Gasteiger partial charge in [-0.25, -0.2) is 5.01 Å². The van der Waals surface area contributed by atoms with Crippen molar-refractivity contribution < 1.29 is 9.59 Å². The molecule has 2 rings (SSSR count). The van der Waals surface area contributed by atoms with E-state index in [-0.39, 0.29) is 5.91 Å². The molecule has 0 unspecified atom stereocenters. The predicted octanol–water partition coefficient (Wildman–Crippen LogP) is 3.45. The molecule has 0 spiro atoms. The summed E-state index contributed by atoms with van der Waals surface area (Å²) in [5.74, 6) is -0.728. The molecule has 0 aromatic heterocycles. The molecule has 128 valence electrons. The van der Waals surface area contributed by atoms with Crippen LogP contribution in [0, 0.1) is 18.3 Å². The van der Waals surface area contributed by atoms with Gasteiger partial charge in [-0.05, 0) is 58.0 Å². The highest BCUT2D eigenvalue weighted by atomic mass is 16.2. The highest BCUT2D eigenvalue weighted by molar-refractivity contribution is 5.99. The van der Waals surface area contributed by atoms with Gasteiger partial charge in [-0.15, -0.1) is 0 Å². The number of rotatable bonds is 2. The van der Waals surface area contributed by atoms with Crippen LogP contribution in [-0.4, -0.2) is 22.4 Å². The number of aryl methyl sites for hydroxylation is 1. The number of carbonyl (C=O) groups is 2. The van der Waals surface area contributed by atoms with Crippen LogP contribution in [-0.2, 0) is 0 Å². The van der Waals surface area contributed by atoms with E-state index in [0.717, 1.165) is 5.56 Å². The van der Waals surface area contributed by atoms with Crippen molar-refractivity contribution in [2.45, 2.75) is 33.2 Å². The summed E-state index contributed by atoms with van der Waals surface area (Å²) in [6.45, 7) is 7.43. The number of nitriles is 1. The number of nitrogens with one attached hydrogen (secondary N) is 1. The van der Waals surface area contributed by atoms with E-state index in [0.29, 0.717) is 16.7 Å². The lowest BCUT2D eigenvalue weighted by Crippen LogP contribution is -2.55. The maximum Gasteiger partial charge on any atom is 0.272 e. The van der Waals surface area contributed by atoms with Gasteiger partial charge in [0.05, 0.1) is 17.2 Å². The Kier molecular flexibility index (Phi) is 5.23. The summed E-state index contributed by atoms with van der Waals surface area (Å²) in [6.07, 6.45) is 0. The highest BCUT2D eigenvalue weighted by Crippen LogP contribution is 2.17. The number of carbonyl (C=O) groups excluding carboxylic acids is 2. The lowest BCUT2D eigenvalue weighted by molar-refractivity contribution is 0.0358. The largest absolute Gasteiger partial charge is 0.272 e. The Labute approximate surface area is 147 Å². The van der Waals surface area contributed by atoms with Crippen molar-refractivity contribution in [3.8, 4) is 6.07 Å². The Morgan fingerprint density at radius 2 is 1.68 bits per heavy atom. The number of benzene rings is 2. The van der Waals surface area contributed by atoms with Crippen molar-refractivity contribution in [3.63, 3.8) is 0 Å². The zero-order valence-corrected chi connectivity index (χ0v) is 14.8. The molecule has 25 heavy (non-hydrogen) atoms. The molecular weight excluding hydrogens is 314 g/mol. The van der Waals surface area contributed by atoms with Crippen LogP contribution in [0.3, 0.4) is 0 Å². The lowest BCUT2D eigenvalue weighted by Gasteiger charge is -2.35. The van der Waals surface area contributed by atoms with E-state index >= 15 is 0 Å². The summed E-state index contributed by atoms with van der Waals surface area (Å²) in [6, 6.07) is 15.6. The molecule has 0 saturated heterocycles. The second-order valence-corrected chi connectivity index (χ2v) is 6.81. The standard InChI is InChI=1S/C20H21N3O2/c1-14-7-5-10-17(11-14)19(25)23(20(2,3)4)22-18(24)16-9-6-8-15(12-16)13-21/h5-12H,1-4H3,(H,22,24). The molecule has 0 bridgehead atoms. The van der Waals surface area contributed by atoms with Crippen LogP contribution >= 0.6 is 0 Å². The summed E-state index contributed by atoms with van der Waals surface area (Å²) >= 11 is 0. The third-order valence-electron chi connectivity index (χ3n) is 3.61. The van der Waals surface area contributed by atoms with Gasteiger partial charge < -0.3 is 0 Å². The average Bonchev–Trinajstić information content (AvgIpc) is 2.58. The molecule has 0 aliphatic heterocycles. The van der Waals surface area contributed by atoms with Gasteiger partial charge in [0.1, 0.15) is 0 Å². The van der Waals surface area contributed by atoms with Gasteiger partial charge in [-0.1, -0.05) is 23.8 Å². The Hall–Kier alpha value is -3.13. The van der Waals surface area contributed by atoms with Gasteiger partial charge in [-0.3, -0.25) is 15.0 Å². The normalized spacial score (nSPS) is 10.7. The fraction of sp³-hybridized carbons (Fsp3) is 0.250. The molecule has 0 saturated carbocycles. The van der Waals surface area contributed by atoms with Crippen molar-refractivity contribution in [1.82, 2.24) is 10.4 Å². The molecular formula is C20H21N3O2. The number of amides is 2. The molecule has 2 aromatic rings. The monoisotopic (exact) mass is 335 g/mol. The van der Waals surface area contributed by atoms with Gasteiger partial charge in [0.15, 0.2) is 0 Å². The lowest BCUT2D eigenvalue weighted by atomic mass is 10.1. The van der Waals surface area contributed by atoms with E-state index in [1.165, 1.54) is 11.1 Å². The molecule has 5 nitrogen and oxygen atoms in total. The van der Waals surface area contributed by atoms with Gasteiger partial charge in [0, 0.05) is 11.1 Å². The summed E-state index contributed by atoms with van der Waals surface area (Å²) < 4.78 is 0. The second-order valence-electron chi connectivity index (χ2n) is 6.81. The molecule has 0 heterocycles. The number of nitrogens with zero attached hydrogens (tertiary/aromatic N) is 2. The molecule has 0 aliphatic carbocycles. The fourth-order valence-corrected chi connectivity index (χ4v) is 2.33. The smallest absolute Gasteiger partial charge is 0.267 e. The first-order chi connectivity index (χ1) is 11.7. The number of hydrogen-bond acceptors (Lipinski definition) is 3. The summed E-state index contributed by atoms with van der Waals surface area (Å²) in [5.41, 5.74) is 4.24. The zero-order valence-electron chi connectivity index (χ0n) is 14.8. The van der Waals surface area contributed by atoms with Crippen molar-refractivity contribution in [1.29, 1.82) is 5.26 Å². The van der Waals surface area contributed by atoms with E-state index in [1.54, 1.807) is 30.3 Å². The van der Waals surface area contributed by atoms with E-state index < -0.39 is 11.4 Å². The SMILES string of the molecule is Cc1cccc(C(=O)N(NC(=O)c2cccc(C#N)c2)C(C)(C)C)c1. The first kappa shape index (κ1) is 18.2. The minimum atomic E-state index is -0.622. The first-order valence-electron chi connectivity index (χ1n) is 7.95. The van der Waals surface area contributed by atoms with Crippen LogP contribution in [0.15, 0.2) is 48.5 Å². The van der Waals surface area contributed by atoms with Crippen LogP contribution in [0.2, 0.25) is 0 Å². The molecule has 2 aromatic carbocycles. The average molecular weight is 335 g/mol. The van der Waals surface area contributed by atoms with Gasteiger partial charge >= 0.3 is 0 Å². The summed E-state index contributed by atoms with van der Waals surface area (Å²) in [4.78, 5) is 25.5. The van der Waals surface area contributed by atoms with Crippen LogP contribution < -0.4 is 5.43 Å². The summed E-state index contributed by atoms with van der Waals surface area (Å²) in [5, 5.41) is 10.3. The molecule has 0 radical (unpaired) electrons. The van der Waals surface area contributed by atoms with Gasteiger partial charge in [0.25, 0.3) is 11.8 Å². The minimum Gasteiger partial charge on any atom is -0.267 e. The maximum absolute atomic E-state index is 12.9. The van der Waals surface area contributed by atoms with Crippen molar-refractivity contribution >= 4 is 11.8 Å². The Balaban J connectivity index is 2.31. The third-order valence-corrected chi connectivity index (χ3v) is 3.61. The van der Waals surface area contributed by atoms with Crippen molar-refractivity contribution in [3.05, 3.63) is 70.8 Å². The molecule has 1 N–H and O–H groups in total. The van der Waals surface area contributed by atoms with Gasteiger partial charge in [-0.2, -0.15) is 5.26 Å².